The van der Waals surface area contributed by atoms with Crippen molar-refractivity contribution in [3.8, 4) is 0 Å². The van der Waals surface area contributed by atoms with E-state index >= 15 is 0 Å². The van der Waals surface area contributed by atoms with Crippen LogP contribution < -0.4 is 5.32 Å². The normalized spacial score (nSPS) is 18.8. The molecular weight excluding hydrogens is 399 g/mol. The molecule has 2 rings (SSSR count). The first-order chi connectivity index (χ1) is 10.8. The summed E-state index contributed by atoms with van der Waals surface area (Å²) in [5.74, 6) is -0.869. The number of nitrogens with zero attached hydrogens (tertiary/aromatic N) is 1. The van der Waals surface area contributed by atoms with Gasteiger partial charge in [0.1, 0.15) is 4.90 Å². The Morgan fingerprint density at radius 3 is 2.75 bits per heavy atom. The number of aliphatic carboxylic acids is 1. The summed E-state index contributed by atoms with van der Waals surface area (Å²) in [6.07, 6.45) is 1.57. The van der Waals surface area contributed by atoms with Crippen molar-refractivity contribution in [1.82, 2.24) is 9.62 Å². The van der Waals surface area contributed by atoms with Gasteiger partial charge in [-0.3, -0.25) is 4.79 Å². The number of carboxylic acids is 1. The fraction of sp³-hybridized carbons (Fsp3) is 0.500. The Labute approximate surface area is 157 Å². The number of rotatable bonds is 6. The molecule has 1 saturated heterocycles. The van der Waals surface area contributed by atoms with Gasteiger partial charge in [0.2, 0.25) is 10.0 Å². The second-order valence-electron chi connectivity index (χ2n) is 5.45. The smallest absolute Gasteiger partial charge is 0.317 e. The van der Waals surface area contributed by atoms with Crippen LogP contribution in [-0.2, 0) is 14.8 Å². The second-order valence-corrected chi connectivity index (χ2v) is 8.14. The molecule has 1 heterocycles. The van der Waals surface area contributed by atoms with E-state index in [1.165, 1.54) is 16.4 Å². The molecule has 1 aromatic rings. The van der Waals surface area contributed by atoms with E-state index in [1.807, 2.05) is 0 Å². The highest BCUT2D eigenvalue weighted by molar-refractivity contribution is 7.89. The third kappa shape index (κ3) is 5.21. The Balaban J connectivity index is 0.00000288. The lowest BCUT2D eigenvalue weighted by atomic mass is 10.00. The van der Waals surface area contributed by atoms with Crippen LogP contribution >= 0.6 is 35.6 Å². The zero-order valence-electron chi connectivity index (χ0n) is 12.7. The monoisotopic (exact) mass is 416 g/mol. The third-order valence-corrected chi connectivity index (χ3v) is 6.56. The van der Waals surface area contributed by atoms with E-state index in [0.717, 1.165) is 12.8 Å². The average Bonchev–Trinajstić information content (AvgIpc) is 2.50. The van der Waals surface area contributed by atoms with Crippen molar-refractivity contribution in [2.45, 2.75) is 17.7 Å². The predicted octanol–water partition coefficient (Wildman–Crippen LogP) is 2.49. The maximum Gasteiger partial charge on any atom is 0.317 e. The van der Waals surface area contributed by atoms with Crippen LogP contribution in [0, 0.1) is 5.92 Å². The lowest BCUT2D eigenvalue weighted by Crippen LogP contribution is -2.43. The molecule has 136 valence electrons. The van der Waals surface area contributed by atoms with Gasteiger partial charge in [-0.25, -0.2) is 8.42 Å². The summed E-state index contributed by atoms with van der Waals surface area (Å²) in [5, 5.41) is 11.7. The molecular formula is C14H19Cl3N2O4S. The minimum absolute atomic E-state index is 0. The van der Waals surface area contributed by atoms with Gasteiger partial charge < -0.3 is 10.4 Å². The lowest BCUT2D eigenvalue weighted by molar-refractivity contribution is -0.136. The van der Waals surface area contributed by atoms with Crippen LogP contribution in [0.1, 0.15) is 12.8 Å². The van der Waals surface area contributed by atoms with Gasteiger partial charge in [0, 0.05) is 13.1 Å². The number of benzene rings is 1. The van der Waals surface area contributed by atoms with E-state index in [2.05, 4.69) is 5.32 Å². The van der Waals surface area contributed by atoms with Crippen molar-refractivity contribution >= 4 is 51.6 Å². The van der Waals surface area contributed by atoms with Crippen molar-refractivity contribution in [2.24, 2.45) is 5.92 Å². The molecule has 1 aromatic carbocycles. The molecule has 10 heteroatoms. The fourth-order valence-electron chi connectivity index (χ4n) is 2.62. The second kappa shape index (κ2) is 9.22. The van der Waals surface area contributed by atoms with Crippen molar-refractivity contribution in [3.05, 3.63) is 28.2 Å². The number of carbonyl (C=O) groups is 1. The number of halogens is 3. The Hall–Kier alpha value is -0.570. The molecule has 1 unspecified atom stereocenters. The van der Waals surface area contributed by atoms with E-state index < -0.39 is 16.0 Å². The molecule has 0 amide bonds. The molecule has 0 radical (unpaired) electrons. The van der Waals surface area contributed by atoms with Crippen LogP contribution in [0.25, 0.3) is 0 Å². The SMILES string of the molecule is Cl.O=C(O)CNCC1CCCN(S(=O)(=O)c2cccc(Cl)c2Cl)C1. The molecule has 1 aliphatic heterocycles. The molecule has 0 aliphatic carbocycles. The maximum atomic E-state index is 12.8. The first kappa shape index (κ1) is 21.5. The molecule has 1 atom stereocenters. The summed E-state index contributed by atoms with van der Waals surface area (Å²) in [6, 6.07) is 4.53. The quantitative estimate of drug-likeness (QED) is 0.742. The summed E-state index contributed by atoms with van der Waals surface area (Å²) in [4.78, 5) is 10.5. The van der Waals surface area contributed by atoms with Crippen LogP contribution in [0.15, 0.2) is 23.1 Å². The molecule has 1 fully saturated rings. The summed E-state index contributed by atoms with van der Waals surface area (Å²) < 4.78 is 26.9. The van der Waals surface area contributed by atoms with Crippen molar-refractivity contribution in [2.75, 3.05) is 26.2 Å². The standard InChI is InChI=1S/C14H18Cl2N2O4S.ClH/c15-11-4-1-5-12(14(11)16)23(21,22)18-6-2-3-10(9-18)7-17-8-13(19)20;/h1,4-5,10,17H,2-3,6-9H2,(H,19,20);1H. The summed E-state index contributed by atoms with van der Waals surface area (Å²) in [6.45, 7) is 1.07. The Morgan fingerprint density at radius 2 is 2.08 bits per heavy atom. The van der Waals surface area contributed by atoms with E-state index in [0.29, 0.717) is 19.6 Å². The maximum absolute atomic E-state index is 12.8. The van der Waals surface area contributed by atoms with Gasteiger partial charge in [0.05, 0.1) is 16.6 Å². The first-order valence-corrected chi connectivity index (χ1v) is 9.38. The van der Waals surface area contributed by atoms with Gasteiger partial charge in [-0.15, -0.1) is 12.4 Å². The van der Waals surface area contributed by atoms with Gasteiger partial charge >= 0.3 is 5.97 Å². The average molecular weight is 418 g/mol. The largest absolute Gasteiger partial charge is 0.480 e. The fourth-order valence-corrected chi connectivity index (χ4v) is 4.91. The highest BCUT2D eigenvalue weighted by atomic mass is 35.5. The molecule has 24 heavy (non-hydrogen) atoms. The Morgan fingerprint density at radius 1 is 1.38 bits per heavy atom. The minimum Gasteiger partial charge on any atom is -0.480 e. The van der Waals surface area contributed by atoms with Crippen molar-refractivity contribution in [3.63, 3.8) is 0 Å². The van der Waals surface area contributed by atoms with Crippen molar-refractivity contribution in [1.29, 1.82) is 0 Å². The summed E-state index contributed by atoms with van der Waals surface area (Å²) in [5.41, 5.74) is 0. The van der Waals surface area contributed by atoms with E-state index in [4.69, 9.17) is 28.3 Å². The zero-order valence-corrected chi connectivity index (χ0v) is 15.9. The van der Waals surface area contributed by atoms with Crippen LogP contribution in [0.5, 0.6) is 0 Å². The molecule has 6 nitrogen and oxygen atoms in total. The van der Waals surface area contributed by atoms with Gasteiger partial charge in [-0.05, 0) is 37.4 Å². The number of nitrogens with one attached hydrogen (secondary N) is 1. The highest BCUT2D eigenvalue weighted by Gasteiger charge is 2.31. The van der Waals surface area contributed by atoms with Gasteiger partial charge in [0.15, 0.2) is 0 Å². The highest BCUT2D eigenvalue weighted by Crippen LogP contribution is 2.32. The van der Waals surface area contributed by atoms with E-state index in [-0.39, 0.29) is 39.8 Å². The predicted molar refractivity (Wildman–Crippen MR) is 95.7 cm³/mol. The number of hydrogen-bond acceptors (Lipinski definition) is 4. The summed E-state index contributed by atoms with van der Waals surface area (Å²) in [7, 11) is -3.72. The Bertz CT molecular complexity index is 685. The minimum atomic E-state index is -3.72. The molecule has 0 aromatic heterocycles. The van der Waals surface area contributed by atoms with Gasteiger partial charge in [-0.1, -0.05) is 29.3 Å². The van der Waals surface area contributed by atoms with Gasteiger partial charge in [-0.2, -0.15) is 4.31 Å². The number of carboxylic acid groups (broad SMARTS) is 1. The molecule has 1 aliphatic rings. The molecule has 2 N–H and O–H groups in total. The Kier molecular flexibility index (Phi) is 8.25. The molecule has 0 spiro atoms. The zero-order chi connectivity index (χ0) is 17.0. The van der Waals surface area contributed by atoms with Crippen molar-refractivity contribution < 1.29 is 18.3 Å². The topological polar surface area (TPSA) is 86.7 Å². The summed E-state index contributed by atoms with van der Waals surface area (Å²) >= 11 is 11.9. The third-order valence-electron chi connectivity index (χ3n) is 3.72. The number of sulfonamides is 1. The lowest BCUT2D eigenvalue weighted by Gasteiger charge is -2.32. The van der Waals surface area contributed by atoms with E-state index in [1.54, 1.807) is 6.07 Å². The number of piperidine rings is 1. The van der Waals surface area contributed by atoms with Gasteiger partial charge in [0.25, 0.3) is 0 Å². The molecule has 0 bridgehead atoms. The van der Waals surface area contributed by atoms with Crippen LogP contribution in [0.2, 0.25) is 10.0 Å². The van der Waals surface area contributed by atoms with Crippen LogP contribution in [-0.4, -0.2) is 50.0 Å². The van der Waals surface area contributed by atoms with Crippen LogP contribution in [0.4, 0.5) is 0 Å². The first-order valence-electron chi connectivity index (χ1n) is 7.19. The van der Waals surface area contributed by atoms with Crippen LogP contribution in [0.3, 0.4) is 0 Å². The van der Waals surface area contributed by atoms with E-state index in [9.17, 15) is 13.2 Å². The molecule has 0 saturated carbocycles. The number of hydrogen-bond donors (Lipinski definition) is 2.